The minimum absolute atomic E-state index is 0.0435. The van der Waals surface area contributed by atoms with E-state index < -0.39 is 17.9 Å². The zero-order valence-electron chi connectivity index (χ0n) is 13.9. The topological polar surface area (TPSA) is 131 Å². The van der Waals surface area contributed by atoms with Crippen LogP contribution >= 0.6 is 0 Å². The van der Waals surface area contributed by atoms with Gasteiger partial charge < -0.3 is 10.1 Å². The number of aromatic nitrogens is 4. The molecule has 10 heteroatoms. The number of nitrogens with one attached hydrogen (secondary N) is 3. The van der Waals surface area contributed by atoms with Crippen LogP contribution in [0.4, 0.5) is 0 Å². The summed E-state index contributed by atoms with van der Waals surface area (Å²) in [5.74, 6) is -0.162. The van der Waals surface area contributed by atoms with Crippen LogP contribution in [-0.4, -0.2) is 45.1 Å². The fraction of sp³-hybridized carbons (Fsp3) is 0.400. The maximum absolute atomic E-state index is 12.2. The number of para-hydroxylation sites is 1. The molecule has 0 aliphatic rings. The molecule has 1 aromatic carbocycles. The van der Waals surface area contributed by atoms with Gasteiger partial charge in [-0.3, -0.25) is 14.4 Å². The Morgan fingerprint density at radius 3 is 2.64 bits per heavy atom. The second kappa shape index (κ2) is 9.33. The van der Waals surface area contributed by atoms with Crippen molar-refractivity contribution in [1.82, 2.24) is 31.4 Å². The SMILES string of the molecule is CC(C)[C@H](NC(=O)COc1ccccc1)C(=O)NOCc1nn[nH]n1. The normalized spacial score (nSPS) is 11.8. The molecule has 1 aromatic heterocycles. The number of carbonyl (C=O) groups is 2. The Hall–Kier alpha value is -3.01. The maximum Gasteiger partial charge on any atom is 0.266 e. The first kappa shape index (κ1) is 18.3. The van der Waals surface area contributed by atoms with E-state index in [-0.39, 0.29) is 19.1 Å². The second-order valence-electron chi connectivity index (χ2n) is 5.47. The van der Waals surface area contributed by atoms with E-state index in [2.05, 4.69) is 31.4 Å². The van der Waals surface area contributed by atoms with Crippen LogP contribution in [0.2, 0.25) is 0 Å². The van der Waals surface area contributed by atoms with Crippen molar-refractivity contribution in [1.29, 1.82) is 0 Å². The van der Waals surface area contributed by atoms with Crippen LogP contribution in [0.1, 0.15) is 19.7 Å². The van der Waals surface area contributed by atoms with Gasteiger partial charge in [-0.2, -0.15) is 5.21 Å². The summed E-state index contributed by atoms with van der Waals surface area (Å²) in [5.41, 5.74) is 2.27. The van der Waals surface area contributed by atoms with E-state index in [9.17, 15) is 9.59 Å². The van der Waals surface area contributed by atoms with Crippen molar-refractivity contribution in [3.8, 4) is 5.75 Å². The molecule has 0 unspecified atom stereocenters. The number of amides is 2. The van der Waals surface area contributed by atoms with Gasteiger partial charge in [-0.05, 0) is 18.1 Å². The van der Waals surface area contributed by atoms with E-state index >= 15 is 0 Å². The van der Waals surface area contributed by atoms with Gasteiger partial charge in [0.15, 0.2) is 6.61 Å². The van der Waals surface area contributed by atoms with Gasteiger partial charge in [0.2, 0.25) is 5.82 Å². The molecule has 10 nitrogen and oxygen atoms in total. The molecule has 134 valence electrons. The monoisotopic (exact) mass is 348 g/mol. The van der Waals surface area contributed by atoms with E-state index in [0.29, 0.717) is 11.6 Å². The summed E-state index contributed by atoms with van der Waals surface area (Å²) in [6.45, 7) is 3.38. The molecule has 0 bridgehead atoms. The third-order valence-corrected chi connectivity index (χ3v) is 3.14. The van der Waals surface area contributed by atoms with Crippen LogP contribution < -0.4 is 15.5 Å². The molecule has 2 amide bonds. The molecule has 0 aliphatic heterocycles. The molecule has 25 heavy (non-hydrogen) atoms. The summed E-state index contributed by atoms with van der Waals surface area (Å²) < 4.78 is 5.36. The summed E-state index contributed by atoms with van der Waals surface area (Å²) in [7, 11) is 0. The summed E-state index contributed by atoms with van der Waals surface area (Å²) >= 11 is 0. The minimum atomic E-state index is -0.767. The number of aromatic amines is 1. The van der Waals surface area contributed by atoms with Crippen molar-refractivity contribution in [3.05, 3.63) is 36.2 Å². The van der Waals surface area contributed by atoms with Gasteiger partial charge >= 0.3 is 0 Å². The number of rotatable bonds is 9. The molecule has 3 N–H and O–H groups in total. The summed E-state index contributed by atoms with van der Waals surface area (Å²) in [6.07, 6.45) is 0. The number of benzene rings is 1. The average molecular weight is 348 g/mol. The number of tetrazole rings is 1. The first-order valence-electron chi connectivity index (χ1n) is 7.67. The van der Waals surface area contributed by atoms with Gasteiger partial charge in [0, 0.05) is 0 Å². The highest BCUT2D eigenvalue weighted by Crippen LogP contribution is 2.08. The molecule has 0 saturated carbocycles. The predicted molar refractivity (Wildman–Crippen MR) is 85.8 cm³/mol. The molecule has 0 spiro atoms. The molecule has 0 aliphatic carbocycles. The quantitative estimate of drug-likeness (QED) is 0.542. The largest absolute Gasteiger partial charge is 0.484 e. The molecular weight excluding hydrogens is 328 g/mol. The van der Waals surface area contributed by atoms with Crippen LogP contribution in [0.15, 0.2) is 30.3 Å². The number of carbonyl (C=O) groups excluding carboxylic acids is 2. The number of nitrogens with zero attached hydrogens (tertiary/aromatic N) is 3. The van der Waals surface area contributed by atoms with E-state index in [1.807, 2.05) is 19.9 Å². The first-order valence-corrected chi connectivity index (χ1v) is 7.67. The van der Waals surface area contributed by atoms with Crippen molar-refractivity contribution in [2.75, 3.05) is 6.61 Å². The zero-order valence-corrected chi connectivity index (χ0v) is 13.9. The van der Waals surface area contributed by atoms with E-state index in [0.717, 1.165) is 0 Å². The molecular formula is C15H20N6O4. The number of hydroxylamine groups is 1. The highest BCUT2D eigenvalue weighted by molar-refractivity contribution is 5.87. The number of hydrogen-bond donors (Lipinski definition) is 3. The van der Waals surface area contributed by atoms with Crippen molar-refractivity contribution < 1.29 is 19.2 Å². The van der Waals surface area contributed by atoms with Gasteiger partial charge in [-0.15, -0.1) is 10.2 Å². The van der Waals surface area contributed by atoms with Crippen LogP contribution in [0, 0.1) is 5.92 Å². The van der Waals surface area contributed by atoms with Crippen LogP contribution in [0.25, 0.3) is 0 Å². The maximum atomic E-state index is 12.2. The molecule has 2 rings (SSSR count). The number of hydrogen-bond acceptors (Lipinski definition) is 7. The lowest BCUT2D eigenvalue weighted by Crippen LogP contribution is -2.50. The van der Waals surface area contributed by atoms with Gasteiger partial charge in [-0.1, -0.05) is 37.3 Å². The van der Waals surface area contributed by atoms with E-state index in [4.69, 9.17) is 9.57 Å². The van der Waals surface area contributed by atoms with E-state index in [1.165, 1.54) is 0 Å². The Kier molecular flexibility index (Phi) is 6.84. The Labute approximate surface area is 144 Å². The smallest absolute Gasteiger partial charge is 0.266 e. The van der Waals surface area contributed by atoms with Gasteiger partial charge in [0.25, 0.3) is 11.8 Å². The first-order chi connectivity index (χ1) is 12.1. The minimum Gasteiger partial charge on any atom is -0.484 e. The van der Waals surface area contributed by atoms with Crippen LogP contribution in [-0.2, 0) is 21.0 Å². The molecule has 0 radical (unpaired) electrons. The lowest BCUT2D eigenvalue weighted by atomic mass is 10.0. The fourth-order valence-electron chi connectivity index (χ4n) is 1.89. The lowest BCUT2D eigenvalue weighted by Gasteiger charge is -2.21. The average Bonchev–Trinajstić information content (AvgIpc) is 3.12. The molecule has 0 fully saturated rings. The van der Waals surface area contributed by atoms with Gasteiger partial charge in [0.1, 0.15) is 18.4 Å². The van der Waals surface area contributed by atoms with Crippen LogP contribution in [0.3, 0.4) is 0 Å². The molecule has 0 saturated heterocycles. The van der Waals surface area contributed by atoms with Crippen molar-refractivity contribution in [2.24, 2.45) is 5.92 Å². The number of H-pyrrole nitrogens is 1. The highest BCUT2D eigenvalue weighted by atomic mass is 16.7. The molecule has 1 atom stereocenters. The highest BCUT2D eigenvalue weighted by Gasteiger charge is 2.24. The Morgan fingerprint density at radius 1 is 1.24 bits per heavy atom. The molecule has 1 heterocycles. The van der Waals surface area contributed by atoms with Crippen molar-refractivity contribution in [2.45, 2.75) is 26.5 Å². The summed E-state index contributed by atoms with van der Waals surface area (Å²) in [5, 5.41) is 15.6. The Balaban J connectivity index is 1.78. The Bertz CT molecular complexity index is 662. The third kappa shape index (κ3) is 6.18. The lowest BCUT2D eigenvalue weighted by molar-refractivity contribution is -0.140. The summed E-state index contributed by atoms with van der Waals surface area (Å²) in [6, 6.07) is 8.17. The fourth-order valence-corrected chi connectivity index (χ4v) is 1.89. The molecule has 2 aromatic rings. The van der Waals surface area contributed by atoms with Crippen LogP contribution in [0.5, 0.6) is 5.75 Å². The van der Waals surface area contributed by atoms with Crippen molar-refractivity contribution >= 4 is 11.8 Å². The predicted octanol–water partition coefficient (Wildman–Crippen LogP) is -0.0327. The number of ether oxygens (including phenoxy) is 1. The van der Waals surface area contributed by atoms with Gasteiger partial charge in [-0.25, -0.2) is 5.48 Å². The van der Waals surface area contributed by atoms with E-state index in [1.54, 1.807) is 24.3 Å². The van der Waals surface area contributed by atoms with Gasteiger partial charge in [0.05, 0.1) is 0 Å². The Morgan fingerprint density at radius 2 is 2.00 bits per heavy atom. The standard InChI is InChI=1S/C15H20N6O4/c1-10(2)14(15(23)19-25-8-12-17-20-21-18-12)16-13(22)9-24-11-6-4-3-5-7-11/h3-7,10,14H,8-9H2,1-2H3,(H,16,22)(H,19,23)(H,17,18,20,21)/t14-/m0/s1. The summed E-state index contributed by atoms with van der Waals surface area (Å²) in [4.78, 5) is 29.2. The van der Waals surface area contributed by atoms with Crippen molar-refractivity contribution in [3.63, 3.8) is 0 Å². The second-order valence-corrected chi connectivity index (χ2v) is 5.47. The third-order valence-electron chi connectivity index (χ3n) is 3.14. The zero-order chi connectivity index (χ0) is 18.1.